The van der Waals surface area contributed by atoms with E-state index in [1.165, 1.54) is 31.2 Å². The maximum atomic E-state index is 14.3. The summed E-state index contributed by atoms with van der Waals surface area (Å²) in [5.41, 5.74) is 2.85. The van der Waals surface area contributed by atoms with Crippen LogP contribution in [0.15, 0.2) is 112 Å². The molecule has 0 aliphatic carbocycles. The molecular weight excluding hydrogens is 630 g/mol. The van der Waals surface area contributed by atoms with Gasteiger partial charge in [-0.3, -0.25) is 13.9 Å². The first-order chi connectivity index (χ1) is 20.6. The van der Waals surface area contributed by atoms with Crippen molar-refractivity contribution in [3.8, 4) is 5.75 Å². The number of ether oxygens (including phenoxy) is 1. The van der Waals surface area contributed by atoms with Gasteiger partial charge in [0.25, 0.3) is 10.0 Å². The van der Waals surface area contributed by atoms with Crippen molar-refractivity contribution in [3.63, 3.8) is 0 Å². The van der Waals surface area contributed by atoms with Crippen LogP contribution in [0.4, 0.5) is 5.69 Å². The molecule has 1 atom stereocenters. The quantitative estimate of drug-likeness (QED) is 0.221. The Hall–Kier alpha value is -4.15. The lowest BCUT2D eigenvalue weighted by Gasteiger charge is -2.33. The van der Waals surface area contributed by atoms with Crippen LogP contribution in [0, 0.1) is 6.92 Å². The van der Waals surface area contributed by atoms with E-state index in [-0.39, 0.29) is 29.5 Å². The Kier molecular flexibility index (Phi) is 10.6. The van der Waals surface area contributed by atoms with E-state index in [4.69, 9.17) is 4.74 Å². The van der Waals surface area contributed by atoms with Crippen LogP contribution in [0.25, 0.3) is 0 Å². The number of methoxy groups -OCH3 is 1. The summed E-state index contributed by atoms with van der Waals surface area (Å²) in [6.07, 6.45) is 0.246. The molecule has 0 aromatic heterocycles. The molecule has 0 bridgehead atoms. The third-order valence-corrected chi connectivity index (χ3v) is 9.35. The van der Waals surface area contributed by atoms with E-state index < -0.39 is 28.5 Å². The number of carbonyl (C=O) groups is 2. The topological polar surface area (TPSA) is 96.0 Å². The summed E-state index contributed by atoms with van der Waals surface area (Å²) in [7, 11) is -1.13. The van der Waals surface area contributed by atoms with Crippen LogP contribution < -0.4 is 14.4 Å². The van der Waals surface area contributed by atoms with Gasteiger partial charge in [0.15, 0.2) is 0 Å². The molecule has 4 aromatic rings. The third-order valence-electron chi connectivity index (χ3n) is 7.03. The van der Waals surface area contributed by atoms with Gasteiger partial charge in [-0.15, -0.1) is 0 Å². The maximum absolute atomic E-state index is 14.3. The molecule has 0 saturated carbocycles. The minimum Gasteiger partial charge on any atom is -0.497 e. The van der Waals surface area contributed by atoms with Crippen LogP contribution in [0.3, 0.4) is 0 Å². The molecule has 0 radical (unpaired) electrons. The second-order valence-electron chi connectivity index (χ2n) is 9.99. The monoisotopic (exact) mass is 663 g/mol. The number of amides is 2. The molecule has 0 saturated heterocycles. The summed E-state index contributed by atoms with van der Waals surface area (Å²) >= 11 is 3.44. The molecule has 1 N–H and O–H groups in total. The minimum absolute atomic E-state index is 0.0494. The van der Waals surface area contributed by atoms with Gasteiger partial charge < -0.3 is 15.0 Å². The molecule has 0 aliphatic rings. The number of aryl methyl sites for hydroxylation is 1. The van der Waals surface area contributed by atoms with Crippen LogP contribution in [0.1, 0.15) is 16.7 Å². The fraction of sp³-hybridized carbons (Fsp3) is 0.212. The van der Waals surface area contributed by atoms with Gasteiger partial charge in [-0.25, -0.2) is 8.42 Å². The Morgan fingerprint density at radius 1 is 0.860 bits per heavy atom. The van der Waals surface area contributed by atoms with Crippen molar-refractivity contribution in [1.29, 1.82) is 0 Å². The number of sulfonamides is 1. The molecule has 4 aromatic carbocycles. The average Bonchev–Trinajstić information content (AvgIpc) is 3.02. The SMILES string of the molecule is CNC(=O)[C@@H](Cc1ccccc1)N(Cc1ccc(Br)cc1)C(=O)CN(c1ccc(OC)cc1)S(=O)(=O)c1ccc(C)cc1. The number of rotatable bonds is 12. The summed E-state index contributed by atoms with van der Waals surface area (Å²) in [6.45, 7) is 1.44. The Bertz CT molecular complexity index is 1630. The zero-order chi connectivity index (χ0) is 31.0. The Labute approximate surface area is 261 Å². The second-order valence-corrected chi connectivity index (χ2v) is 12.8. The molecule has 8 nitrogen and oxygen atoms in total. The summed E-state index contributed by atoms with van der Waals surface area (Å²) in [6, 6.07) is 28.9. The lowest BCUT2D eigenvalue weighted by molar-refractivity contribution is -0.139. The van der Waals surface area contributed by atoms with E-state index in [0.717, 1.165) is 25.5 Å². The largest absolute Gasteiger partial charge is 0.497 e. The van der Waals surface area contributed by atoms with Crippen molar-refractivity contribution < 1.29 is 22.7 Å². The highest BCUT2D eigenvalue weighted by Gasteiger charge is 2.34. The molecule has 0 spiro atoms. The second kappa shape index (κ2) is 14.3. The molecule has 0 heterocycles. The molecule has 0 unspecified atom stereocenters. The van der Waals surface area contributed by atoms with E-state index in [2.05, 4.69) is 21.2 Å². The number of hydrogen-bond donors (Lipinski definition) is 1. The van der Waals surface area contributed by atoms with Gasteiger partial charge in [0.05, 0.1) is 17.7 Å². The number of carbonyl (C=O) groups excluding carboxylic acids is 2. The Morgan fingerprint density at radius 2 is 1.49 bits per heavy atom. The van der Waals surface area contributed by atoms with Gasteiger partial charge in [0.2, 0.25) is 11.8 Å². The van der Waals surface area contributed by atoms with Crippen LogP contribution >= 0.6 is 15.9 Å². The number of nitrogens with zero attached hydrogens (tertiary/aromatic N) is 2. The number of anilines is 1. The summed E-state index contributed by atoms with van der Waals surface area (Å²) in [4.78, 5) is 29.1. The van der Waals surface area contributed by atoms with Crippen molar-refractivity contribution in [3.05, 3.63) is 124 Å². The van der Waals surface area contributed by atoms with Crippen LogP contribution in [0.5, 0.6) is 5.75 Å². The van der Waals surface area contributed by atoms with Crippen molar-refractivity contribution in [1.82, 2.24) is 10.2 Å². The Balaban J connectivity index is 1.78. The van der Waals surface area contributed by atoms with Gasteiger partial charge in [-0.2, -0.15) is 0 Å². The third kappa shape index (κ3) is 8.03. The molecular formula is C33H34BrN3O5S. The normalized spacial score (nSPS) is 11.8. The van der Waals surface area contributed by atoms with E-state index in [1.807, 2.05) is 61.5 Å². The molecule has 4 rings (SSSR count). The van der Waals surface area contributed by atoms with Crippen molar-refractivity contribution in [2.24, 2.45) is 0 Å². The van der Waals surface area contributed by atoms with Crippen LogP contribution in [-0.2, 0) is 32.6 Å². The fourth-order valence-corrected chi connectivity index (χ4v) is 6.30. The first kappa shape index (κ1) is 31.8. The average molecular weight is 665 g/mol. The maximum Gasteiger partial charge on any atom is 0.264 e. The highest BCUT2D eigenvalue weighted by Crippen LogP contribution is 2.27. The standard InChI is InChI=1S/C33H34BrN3O5S/c1-24-9-19-30(20-10-24)43(40,41)37(28-15-17-29(42-3)18-16-28)23-32(38)36(22-26-11-13-27(34)14-12-26)31(33(39)35-2)21-25-7-5-4-6-8-25/h4-20,31H,21-23H2,1-3H3,(H,35,39)/t31-/m1/s1. The van der Waals surface area contributed by atoms with Gasteiger partial charge in [-0.1, -0.05) is 76.1 Å². The van der Waals surface area contributed by atoms with Crippen molar-refractivity contribution in [2.75, 3.05) is 25.0 Å². The van der Waals surface area contributed by atoms with Gasteiger partial charge in [0, 0.05) is 24.5 Å². The predicted molar refractivity (Wildman–Crippen MR) is 171 cm³/mol. The highest BCUT2D eigenvalue weighted by atomic mass is 79.9. The van der Waals surface area contributed by atoms with Crippen molar-refractivity contribution in [2.45, 2.75) is 30.8 Å². The molecule has 10 heteroatoms. The first-order valence-electron chi connectivity index (χ1n) is 13.6. The van der Waals surface area contributed by atoms with E-state index in [9.17, 15) is 18.0 Å². The zero-order valence-electron chi connectivity index (χ0n) is 24.2. The summed E-state index contributed by atoms with van der Waals surface area (Å²) < 4.78 is 35.3. The highest BCUT2D eigenvalue weighted by molar-refractivity contribution is 9.10. The molecule has 0 fully saturated rings. The fourth-order valence-electron chi connectivity index (χ4n) is 4.62. The first-order valence-corrected chi connectivity index (χ1v) is 15.9. The zero-order valence-corrected chi connectivity index (χ0v) is 26.6. The summed E-state index contributed by atoms with van der Waals surface area (Å²) in [5, 5.41) is 2.69. The number of likely N-dealkylation sites (N-methyl/N-ethyl adjacent to an activating group) is 1. The summed E-state index contributed by atoms with van der Waals surface area (Å²) in [5.74, 6) is -0.340. The van der Waals surface area contributed by atoms with Crippen LogP contribution in [0.2, 0.25) is 0 Å². The number of hydrogen-bond acceptors (Lipinski definition) is 5. The lowest BCUT2D eigenvalue weighted by atomic mass is 10.0. The number of benzene rings is 4. The lowest BCUT2D eigenvalue weighted by Crippen LogP contribution is -2.53. The van der Waals surface area contributed by atoms with Gasteiger partial charge in [0.1, 0.15) is 18.3 Å². The number of halogens is 1. The smallest absolute Gasteiger partial charge is 0.264 e. The van der Waals surface area contributed by atoms with Crippen molar-refractivity contribution >= 4 is 43.5 Å². The molecule has 43 heavy (non-hydrogen) atoms. The van der Waals surface area contributed by atoms with E-state index in [1.54, 1.807) is 36.4 Å². The number of nitrogens with one attached hydrogen (secondary N) is 1. The van der Waals surface area contributed by atoms with E-state index >= 15 is 0 Å². The molecule has 2 amide bonds. The predicted octanol–water partition coefficient (Wildman–Crippen LogP) is 5.35. The van der Waals surface area contributed by atoms with Gasteiger partial charge in [-0.05, 0) is 66.6 Å². The van der Waals surface area contributed by atoms with E-state index in [0.29, 0.717) is 5.75 Å². The van der Waals surface area contributed by atoms with Gasteiger partial charge >= 0.3 is 0 Å². The Morgan fingerprint density at radius 3 is 2.07 bits per heavy atom. The molecule has 0 aliphatic heterocycles. The molecule has 224 valence electrons. The van der Waals surface area contributed by atoms with Crippen LogP contribution in [-0.4, -0.2) is 51.9 Å². The minimum atomic E-state index is -4.17.